The Balaban J connectivity index is 2.05. The molecule has 1 aliphatic rings. The molecule has 2 rings (SSSR count). The molecule has 136 valence electrons. The minimum Gasteiger partial charge on any atom is -0.348 e. The SMILES string of the molecule is CC(C)(C)C[C@H](NC(=O)CN1CCC(=O)NC1=O)c1ccc(F)cc1. The average Bonchev–Trinajstić information content (AvgIpc) is 2.49. The highest BCUT2D eigenvalue weighted by molar-refractivity contribution is 5.98. The minimum atomic E-state index is -0.555. The van der Waals surface area contributed by atoms with Crippen molar-refractivity contribution in [3.05, 3.63) is 35.6 Å². The van der Waals surface area contributed by atoms with Crippen LogP contribution in [-0.4, -0.2) is 35.8 Å². The molecule has 2 N–H and O–H groups in total. The molecule has 4 amide bonds. The van der Waals surface area contributed by atoms with Crippen molar-refractivity contribution >= 4 is 17.8 Å². The number of benzene rings is 1. The Morgan fingerprint density at radius 2 is 1.92 bits per heavy atom. The van der Waals surface area contributed by atoms with Gasteiger partial charge in [0.2, 0.25) is 11.8 Å². The number of nitrogens with one attached hydrogen (secondary N) is 2. The molecule has 1 aromatic carbocycles. The predicted molar refractivity (Wildman–Crippen MR) is 91.1 cm³/mol. The topological polar surface area (TPSA) is 78.5 Å². The molecule has 0 saturated carbocycles. The van der Waals surface area contributed by atoms with E-state index in [0.717, 1.165) is 5.56 Å². The van der Waals surface area contributed by atoms with Crippen LogP contribution in [0.1, 0.15) is 45.2 Å². The van der Waals surface area contributed by atoms with Crippen molar-refractivity contribution in [2.75, 3.05) is 13.1 Å². The molecule has 0 radical (unpaired) electrons. The molecule has 6 nitrogen and oxygen atoms in total. The van der Waals surface area contributed by atoms with Gasteiger partial charge in [0.15, 0.2) is 0 Å². The lowest BCUT2D eigenvalue weighted by molar-refractivity contribution is -0.125. The van der Waals surface area contributed by atoms with E-state index in [9.17, 15) is 18.8 Å². The fraction of sp³-hybridized carbons (Fsp3) is 0.500. The summed E-state index contributed by atoms with van der Waals surface area (Å²) in [5.41, 5.74) is 0.754. The van der Waals surface area contributed by atoms with Gasteiger partial charge in [-0.15, -0.1) is 0 Å². The summed E-state index contributed by atoms with van der Waals surface area (Å²) in [5, 5.41) is 5.11. The summed E-state index contributed by atoms with van der Waals surface area (Å²) in [4.78, 5) is 36.6. The summed E-state index contributed by atoms with van der Waals surface area (Å²) in [6.07, 6.45) is 0.845. The van der Waals surface area contributed by atoms with Gasteiger partial charge in [0, 0.05) is 13.0 Å². The van der Waals surface area contributed by atoms with Crippen molar-refractivity contribution < 1.29 is 18.8 Å². The second kappa shape index (κ2) is 7.63. The lowest BCUT2D eigenvalue weighted by Gasteiger charge is -2.29. The van der Waals surface area contributed by atoms with E-state index in [2.05, 4.69) is 31.4 Å². The van der Waals surface area contributed by atoms with Crippen molar-refractivity contribution in [3.63, 3.8) is 0 Å². The molecule has 25 heavy (non-hydrogen) atoms. The molecule has 1 aliphatic heterocycles. The van der Waals surface area contributed by atoms with E-state index in [1.165, 1.54) is 17.0 Å². The van der Waals surface area contributed by atoms with Crippen molar-refractivity contribution in [2.24, 2.45) is 5.41 Å². The van der Waals surface area contributed by atoms with Gasteiger partial charge in [0.1, 0.15) is 12.4 Å². The summed E-state index contributed by atoms with van der Waals surface area (Å²) >= 11 is 0. The zero-order chi connectivity index (χ0) is 18.6. The second-order valence-electron chi connectivity index (χ2n) is 7.46. The van der Waals surface area contributed by atoms with E-state index in [1.807, 2.05) is 0 Å². The summed E-state index contributed by atoms with van der Waals surface area (Å²) in [6, 6.07) is 5.18. The van der Waals surface area contributed by atoms with Gasteiger partial charge in [-0.3, -0.25) is 14.9 Å². The third-order valence-corrected chi connectivity index (χ3v) is 3.90. The Morgan fingerprint density at radius 3 is 2.48 bits per heavy atom. The number of hydrogen-bond acceptors (Lipinski definition) is 3. The van der Waals surface area contributed by atoms with Crippen molar-refractivity contribution in [1.29, 1.82) is 0 Å². The highest BCUT2D eigenvalue weighted by Gasteiger charge is 2.27. The van der Waals surface area contributed by atoms with E-state index < -0.39 is 6.03 Å². The Morgan fingerprint density at radius 1 is 1.28 bits per heavy atom. The van der Waals surface area contributed by atoms with E-state index in [1.54, 1.807) is 12.1 Å². The molecule has 1 saturated heterocycles. The number of rotatable bonds is 5. The molecule has 1 aromatic rings. The Kier molecular flexibility index (Phi) is 5.77. The van der Waals surface area contributed by atoms with Crippen LogP contribution in [0.15, 0.2) is 24.3 Å². The summed E-state index contributed by atoms with van der Waals surface area (Å²) in [6.45, 7) is 6.26. The maximum atomic E-state index is 13.2. The van der Waals surface area contributed by atoms with Gasteiger partial charge in [-0.25, -0.2) is 9.18 Å². The van der Waals surface area contributed by atoms with Crippen LogP contribution in [0, 0.1) is 11.2 Å². The predicted octanol–water partition coefficient (Wildman–Crippen LogP) is 2.36. The number of amides is 4. The first-order valence-corrected chi connectivity index (χ1v) is 8.28. The fourth-order valence-corrected chi connectivity index (χ4v) is 2.72. The number of hydrogen-bond donors (Lipinski definition) is 2. The maximum Gasteiger partial charge on any atom is 0.324 e. The maximum absolute atomic E-state index is 13.2. The van der Waals surface area contributed by atoms with Crippen LogP contribution < -0.4 is 10.6 Å². The van der Waals surface area contributed by atoms with Crippen LogP contribution in [0.4, 0.5) is 9.18 Å². The lowest BCUT2D eigenvalue weighted by atomic mass is 9.85. The number of nitrogens with zero attached hydrogens (tertiary/aromatic N) is 1. The first-order chi connectivity index (χ1) is 11.6. The third kappa shape index (κ3) is 5.85. The largest absolute Gasteiger partial charge is 0.348 e. The number of urea groups is 1. The molecule has 7 heteroatoms. The molecule has 1 fully saturated rings. The summed E-state index contributed by atoms with van der Waals surface area (Å²) in [5.74, 6) is -0.985. The van der Waals surface area contributed by atoms with E-state index in [-0.39, 0.29) is 48.6 Å². The van der Waals surface area contributed by atoms with Gasteiger partial charge >= 0.3 is 6.03 Å². The molecule has 0 aliphatic carbocycles. The highest BCUT2D eigenvalue weighted by atomic mass is 19.1. The van der Waals surface area contributed by atoms with E-state index in [4.69, 9.17) is 0 Å². The fourth-order valence-electron chi connectivity index (χ4n) is 2.72. The lowest BCUT2D eigenvalue weighted by Crippen LogP contribution is -2.52. The van der Waals surface area contributed by atoms with Crippen LogP contribution in [0.2, 0.25) is 0 Å². The highest BCUT2D eigenvalue weighted by Crippen LogP contribution is 2.29. The van der Waals surface area contributed by atoms with Crippen molar-refractivity contribution in [3.8, 4) is 0 Å². The number of imide groups is 1. The average molecular weight is 349 g/mol. The van der Waals surface area contributed by atoms with Crippen LogP contribution in [0.3, 0.4) is 0 Å². The minimum absolute atomic E-state index is 0.0543. The first kappa shape index (κ1) is 18.9. The standard InChI is InChI=1S/C18H24FN3O3/c1-18(2,3)10-14(12-4-6-13(19)7-5-12)20-16(24)11-22-9-8-15(23)21-17(22)25/h4-7,14H,8-11H2,1-3H3,(H,20,24)(H,21,23,25)/t14-/m0/s1. The third-order valence-electron chi connectivity index (χ3n) is 3.90. The van der Waals surface area contributed by atoms with Crippen LogP contribution in [-0.2, 0) is 9.59 Å². The molecular formula is C18H24FN3O3. The van der Waals surface area contributed by atoms with Gasteiger partial charge in [-0.1, -0.05) is 32.9 Å². The Hall–Kier alpha value is -2.44. The number of halogens is 1. The smallest absolute Gasteiger partial charge is 0.324 e. The summed E-state index contributed by atoms with van der Waals surface area (Å²) in [7, 11) is 0. The van der Waals surface area contributed by atoms with E-state index >= 15 is 0 Å². The van der Waals surface area contributed by atoms with Crippen LogP contribution in [0.25, 0.3) is 0 Å². The zero-order valence-corrected chi connectivity index (χ0v) is 14.8. The summed E-state index contributed by atoms with van der Waals surface area (Å²) < 4.78 is 13.2. The van der Waals surface area contributed by atoms with Gasteiger partial charge in [0.05, 0.1) is 6.04 Å². The van der Waals surface area contributed by atoms with Gasteiger partial charge in [-0.05, 0) is 29.5 Å². The van der Waals surface area contributed by atoms with Crippen LogP contribution in [0.5, 0.6) is 0 Å². The monoisotopic (exact) mass is 349 g/mol. The Labute approximate surface area is 146 Å². The quantitative estimate of drug-likeness (QED) is 0.856. The molecule has 0 bridgehead atoms. The molecule has 0 spiro atoms. The Bertz CT molecular complexity index is 653. The van der Waals surface area contributed by atoms with Crippen molar-refractivity contribution in [1.82, 2.24) is 15.5 Å². The molecule has 0 unspecified atom stereocenters. The molecule has 1 heterocycles. The van der Waals surface area contributed by atoms with E-state index in [0.29, 0.717) is 6.42 Å². The number of carbonyl (C=O) groups excluding carboxylic acids is 3. The van der Waals surface area contributed by atoms with Gasteiger partial charge < -0.3 is 10.2 Å². The van der Waals surface area contributed by atoms with Crippen molar-refractivity contribution in [2.45, 2.75) is 39.7 Å². The van der Waals surface area contributed by atoms with Gasteiger partial charge in [0.25, 0.3) is 0 Å². The second-order valence-corrected chi connectivity index (χ2v) is 7.46. The number of carbonyl (C=O) groups is 3. The molecule has 0 aromatic heterocycles. The molecule has 1 atom stereocenters. The normalized spacial score (nSPS) is 16.4. The van der Waals surface area contributed by atoms with Crippen LogP contribution >= 0.6 is 0 Å². The molecular weight excluding hydrogens is 325 g/mol. The van der Waals surface area contributed by atoms with Gasteiger partial charge in [-0.2, -0.15) is 0 Å². The zero-order valence-electron chi connectivity index (χ0n) is 14.8. The first-order valence-electron chi connectivity index (χ1n) is 8.28.